The Labute approximate surface area is 108 Å². The number of aliphatic carboxylic acids is 1. The highest BCUT2D eigenvalue weighted by Crippen LogP contribution is 2.23. The van der Waals surface area contributed by atoms with E-state index in [1.54, 1.807) is 13.8 Å². The zero-order valence-corrected chi connectivity index (χ0v) is 12.2. The summed E-state index contributed by atoms with van der Waals surface area (Å²) in [6.07, 6.45) is 0. The summed E-state index contributed by atoms with van der Waals surface area (Å²) in [6, 6.07) is 0. The first-order valence-electron chi connectivity index (χ1n) is 5.79. The van der Waals surface area contributed by atoms with Crippen LogP contribution >= 0.6 is 0 Å². The minimum absolute atomic E-state index is 0.392. The van der Waals surface area contributed by atoms with Crippen molar-refractivity contribution in [3.8, 4) is 0 Å². The van der Waals surface area contributed by atoms with Crippen molar-refractivity contribution in [1.82, 2.24) is 4.90 Å². The van der Waals surface area contributed by atoms with E-state index in [9.17, 15) is 18.0 Å². The molecule has 1 amide bonds. The number of sulfone groups is 1. The summed E-state index contributed by atoms with van der Waals surface area (Å²) < 4.78 is 22.3. The molecular weight excluding hydrogens is 258 g/mol. The number of nitrogens with zero attached hydrogens (tertiary/aromatic N) is 1. The largest absolute Gasteiger partial charge is 0.480 e. The average molecular weight is 279 g/mol. The highest BCUT2D eigenvalue weighted by molar-refractivity contribution is 7.94. The normalized spacial score (nSPS) is 14.1. The molecule has 0 saturated carbocycles. The molecule has 0 radical (unpaired) electrons. The summed E-state index contributed by atoms with van der Waals surface area (Å²) >= 11 is 0. The van der Waals surface area contributed by atoms with Crippen LogP contribution in [0.1, 0.15) is 34.6 Å². The first-order chi connectivity index (χ1) is 8.03. The zero-order valence-electron chi connectivity index (χ0n) is 11.4. The van der Waals surface area contributed by atoms with Gasteiger partial charge in [-0.15, -0.1) is 0 Å². The summed E-state index contributed by atoms with van der Waals surface area (Å²) in [6.45, 7) is 7.69. The molecule has 0 aliphatic rings. The number of carbonyl (C=O) groups excluding carboxylic acids is 1. The average Bonchev–Trinajstić information content (AvgIpc) is 2.28. The Kier molecular flexibility index (Phi) is 5.34. The van der Waals surface area contributed by atoms with Crippen LogP contribution in [0.4, 0.5) is 0 Å². The van der Waals surface area contributed by atoms with Crippen molar-refractivity contribution in [2.75, 3.05) is 13.1 Å². The van der Waals surface area contributed by atoms with E-state index >= 15 is 0 Å². The smallest absolute Gasteiger partial charge is 0.324 e. The quantitative estimate of drug-likeness (QED) is 0.765. The van der Waals surface area contributed by atoms with Crippen LogP contribution in [0.25, 0.3) is 0 Å². The van der Waals surface area contributed by atoms with Crippen LogP contribution in [0.3, 0.4) is 0 Å². The van der Waals surface area contributed by atoms with Gasteiger partial charge in [-0.25, -0.2) is 8.42 Å². The molecule has 6 nitrogen and oxygen atoms in total. The molecular formula is C11H21NO5S. The zero-order chi connectivity index (χ0) is 14.7. The van der Waals surface area contributed by atoms with E-state index in [0.717, 1.165) is 13.8 Å². The van der Waals surface area contributed by atoms with Crippen molar-refractivity contribution in [3.05, 3.63) is 0 Å². The van der Waals surface area contributed by atoms with Gasteiger partial charge in [-0.3, -0.25) is 9.59 Å². The van der Waals surface area contributed by atoms with Crippen LogP contribution in [0, 0.1) is 0 Å². The number of carboxylic acids is 1. The maximum atomic E-state index is 12.1. The number of hydrogen-bond donors (Lipinski definition) is 1. The summed E-state index contributed by atoms with van der Waals surface area (Å²) in [7, 11) is -4.09. The van der Waals surface area contributed by atoms with Crippen LogP contribution in [0.2, 0.25) is 0 Å². The van der Waals surface area contributed by atoms with E-state index in [4.69, 9.17) is 5.11 Å². The van der Waals surface area contributed by atoms with Gasteiger partial charge in [0, 0.05) is 13.1 Å². The van der Waals surface area contributed by atoms with Gasteiger partial charge in [0.25, 0.3) is 0 Å². The van der Waals surface area contributed by atoms with Gasteiger partial charge in [0.2, 0.25) is 5.91 Å². The maximum Gasteiger partial charge on any atom is 0.324 e. The highest BCUT2D eigenvalue weighted by atomic mass is 32.2. The molecule has 0 saturated heterocycles. The molecule has 7 heteroatoms. The summed E-state index contributed by atoms with van der Waals surface area (Å²) in [5, 5.41) is 7.60. The number of hydrogen-bond acceptors (Lipinski definition) is 4. The molecule has 0 heterocycles. The van der Waals surface area contributed by atoms with Crippen molar-refractivity contribution in [2.45, 2.75) is 44.6 Å². The molecule has 0 aliphatic heterocycles. The number of carbonyl (C=O) groups is 2. The van der Waals surface area contributed by atoms with Crippen LogP contribution in [-0.2, 0) is 19.4 Å². The maximum absolute atomic E-state index is 12.1. The van der Waals surface area contributed by atoms with Crippen molar-refractivity contribution >= 4 is 21.7 Å². The molecule has 0 aliphatic carbocycles. The van der Waals surface area contributed by atoms with Crippen molar-refractivity contribution in [1.29, 1.82) is 0 Å². The second kappa shape index (κ2) is 5.69. The topological polar surface area (TPSA) is 91.8 Å². The lowest BCUT2D eigenvalue weighted by Crippen LogP contribution is -2.51. The van der Waals surface area contributed by atoms with E-state index in [-0.39, 0.29) is 0 Å². The van der Waals surface area contributed by atoms with Gasteiger partial charge in [-0.2, -0.15) is 0 Å². The van der Waals surface area contributed by atoms with Crippen molar-refractivity contribution in [3.63, 3.8) is 0 Å². The molecule has 0 bridgehead atoms. The molecule has 106 valence electrons. The van der Waals surface area contributed by atoms with Gasteiger partial charge in [-0.05, 0) is 34.6 Å². The van der Waals surface area contributed by atoms with Gasteiger partial charge >= 0.3 is 5.97 Å². The molecule has 1 N–H and O–H groups in total. The van der Waals surface area contributed by atoms with Crippen molar-refractivity contribution < 1.29 is 23.1 Å². The minimum atomic E-state index is -4.09. The molecule has 18 heavy (non-hydrogen) atoms. The van der Waals surface area contributed by atoms with Gasteiger partial charge < -0.3 is 10.0 Å². The monoisotopic (exact) mass is 279 g/mol. The fraction of sp³-hybridized carbons (Fsp3) is 0.818. The molecule has 0 aromatic heterocycles. The number of amides is 1. The second-order valence-corrected chi connectivity index (χ2v) is 7.33. The molecule has 0 aromatic carbocycles. The van der Waals surface area contributed by atoms with Crippen LogP contribution in [0.15, 0.2) is 0 Å². The first kappa shape index (κ1) is 16.9. The lowest BCUT2D eigenvalue weighted by atomic mass is 10.2. The van der Waals surface area contributed by atoms with Gasteiger partial charge in [-0.1, -0.05) is 0 Å². The summed E-state index contributed by atoms with van der Waals surface area (Å²) in [5.74, 6) is -2.02. The molecule has 1 atom stereocenters. The lowest BCUT2D eigenvalue weighted by molar-refractivity contribution is -0.139. The SMILES string of the molecule is CCN(CC)C(=O)C(C)S(=O)(=O)C(C)(C)C(=O)O. The first-order valence-corrected chi connectivity index (χ1v) is 7.34. The van der Waals surface area contributed by atoms with E-state index in [2.05, 4.69) is 0 Å². The van der Waals surface area contributed by atoms with Crippen LogP contribution < -0.4 is 0 Å². The Hall–Kier alpha value is -1.11. The fourth-order valence-electron chi connectivity index (χ4n) is 1.49. The second-order valence-electron chi connectivity index (χ2n) is 4.51. The van der Waals surface area contributed by atoms with E-state index in [1.807, 2.05) is 0 Å². The molecule has 0 fully saturated rings. The number of carboxylic acid groups (broad SMARTS) is 1. The third-order valence-electron chi connectivity index (χ3n) is 3.11. The Morgan fingerprint density at radius 1 is 1.22 bits per heavy atom. The third-order valence-corrected chi connectivity index (χ3v) is 5.84. The highest BCUT2D eigenvalue weighted by Gasteiger charge is 2.48. The summed E-state index contributed by atoms with van der Waals surface area (Å²) in [5.41, 5.74) is 0. The summed E-state index contributed by atoms with van der Waals surface area (Å²) in [4.78, 5) is 24.3. The fourth-order valence-corrected chi connectivity index (χ4v) is 3.03. The molecule has 0 spiro atoms. The molecule has 0 aromatic rings. The predicted molar refractivity (Wildman–Crippen MR) is 68.0 cm³/mol. The Morgan fingerprint density at radius 3 is 1.89 bits per heavy atom. The Balaban J connectivity index is 5.40. The molecule has 1 unspecified atom stereocenters. The predicted octanol–water partition coefficient (Wildman–Crippen LogP) is 0.521. The van der Waals surface area contributed by atoms with Gasteiger partial charge in [0.1, 0.15) is 5.25 Å². The lowest BCUT2D eigenvalue weighted by Gasteiger charge is -2.27. The Bertz CT molecular complexity index is 423. The van der Waals surface area contributed by atoms with Gasteiger partial charge in [0.05, 0.1) is 0 Å². The van der Waals surface area contributed by atoms with E-state index in [0.29, 0.717) is 13.1 Å². The molecule has 0 rings (SSSR count). The Morgan fingerprint density at radius 2 is 1.61 bits per heavy atom. The number of rotatable bonds is 6. The van der Waals surface area contributed by atoms with E-state index < -0.39 is 31.7 Å². The standard InChI is InChI=1S/C11H21NO5S/c1-6-12(7-2)9(13)8(3)18(16,17)11(4,5)10(14)15/h8H,6-7H2,1-5H3,(H,14,15). The minimum Gasteiger partial charge on any atom is -0.480 e. The van der Waals surface area contributed by atoms with Gasteiger partial charge in [0.15, 0.2) is 14.6 Å². The third kappa shape index (κ3) is 2.82. The van der Waals surface area contributed by atoms with Crippen LogP contribution in [-0.4, -0.2) is 53.4 Å². The van der Waals surface area contributed by atoms with Crippen LogP contribution in [0.5, 0.6) is 0 Å². The van der Waals surface area contributed by atoms with E-state index in [1.165, 1.54) is 11.8 Å². The van der Waals surface area contributed by atoms with Crippen molar-refractivity contribution in [2.24, 2.45) is 0 Å².